The van der Waals surface area contributed by atoms with E-state index in [1.54, 1.807) is 0 Å². The number of ether oxygens (including phenoxy) is 1. The Balaban J connectivity index is 1.75. The predicted molar refractivity (Wildman–Crippen MR) is 73.5 cm³/mol. The van der Waals surface area contributed by atoms with Crippen LogP contribution in [0.4, 0.5) is 0 Å². The van der Waals surface area contributed by atoms with Crippen molar-refractivity contribution in [2.75, 3.05) is 13.2 Å². The molecule has 1 aliphatic rings. The summed E-state index contributed by atoms with van der Waals surface area (Å²) in [6.07, 6.45) is 2.54. The van der Waals surface area contributed by atoms with Crippen molar-refractivity contribution < 1.29 is 4.74 Å². The van der Waals surface area contributed by atoms with Gasteiger partial charge < -0.3 is 15.8 Å². The fourth-order valence-corrected chi connectivity index (χ4v) is 1.95. The second kappa shape index (κ2) is 6.40. The molecular formula is C14H21N3O. The average Bonchev–Trinajstić information content (AvgIpc) is 2.89. The zero-order valence-electron chi connectivity index (χ0n) is 10.9. The van der Waals surface area contributed by atoms with E-state index in [4.69, 9.17) is 10.5 Å². The molecule has 18 heavy (non-hydrogen) atoms. The van der Waals surface area contributed by atoms with Crippen molar-refractivity contribution in [1.29, 1.82) is 0 Å². The van der Waals surface area contributed by atoms with Crippen LogP contribution in [-0.4, -0.2) is 25.2 Å². The third-order valence-corrected chi connectivity index (χ3v) is 3.09. The molecule has 0 bridgehead atoms. The molecule has 1 atom stereocenters. The molecule has 0 radical (unpaired) electrons. The number of hydrogen-bond acceptors (Lipinski definition) is 2. The van der Waals surface area contributed by atoms with E-state index < -0.39 is 0 Å². The highest BCUT2D eigenvalue weighted by Gasteiger charge is 2.14. The summed E-state index contributed by atoms with van der Waals surface area (Å²) in [6.45, 7) is 4.31. The van der Waals surface area contributed by atoms with Crippen LogP contribution in [0.25, 0.3) is 0 Å². The van der Waals surface area contributed by atoms with E-state index in [-0.39, 0.29) is 6.10 Å². The fourth-order valence-electron chi connectivity index (χ4n) is 1.95. The number of nitrogens with two attached hydrogens (primary N) is 1. The molecule has 3 N–H and O–H groups in total. The Kier molecular flexibility index (Phi) is 4.59. The zero-order valence-corrected chi connectivity index (χ0v) is 10.9. The maximum Gasteiger partial charge on any atom is 0.189 e. The third kappa shape index (κ3) is 4.04. The monoisotopic (exact) mass is 247 g/mol. The molecule has 0 unspecified atom stereocenters. The van der Waals surface area contributed by atoms with Crippen LogP contribution < -0.4 is 11.1 Å². The van der Waals surface area contributed by atoms with Gasteiger partial charge in [-0.3, -0.25) is 0 Å². The molecule has 98 valence electrons. The quantitative estimate of drug-likeness (QED) is 0.627. The molecule has 0 amide bonds. The van der Waals surface area contributed by atoms with Gasteiger partial charge in [-0.2, -0.15) is 0 Å². The number of benzene rings is 1. The summed E-state index contributed by atoms with van der Waals surface area (Å²) in [5, 5.41) is 3.11. The Hall–Kier alpha value is -1.55. The lowest BCUT2D eigenvalue weighted by Gasteiger charge is -2.11. The number of aryl methyl sites for hydroxylation is 1. The molecule has 0 aliphatic carbocycles. The normalized spacial score (nSPS) is 20.1. The minimum Gasteiger partial charge on any atom is -0.376 e. The Labute approximate surface area is 108 Å². The van der Waals surface area contributed by atoms with Crippen LogP contribution in [-0.2, 0) is 11.3 Å². The topological polar surface area (TPSA) is 59.6 Å². The molecule has 1 heterocycles. The fraction of sp³-hybridized carbons (Fsp3) is 0.500. The lowest BCUT2D eigenvalue weighted by Crippen LogP contribution is -2.37. The van der Waals surface area contributed by atoms with E-state index in [1.165, 1.54) is 11.1 Å². The first-order chi connectivity index (χ1) is 8.74. The van der Waals surface area contributed by atoms with Crippen LogP contribution in [0.5, 0.6) is 0 Å². The Morgan fingerprint density at radius 3 is 2.89 bits per heavy atom. The maximum atomic E-state index is 5.81. The van der Waals surface area contributed by atoms with E-state index in [0.29, 0.717) is 12.5 Å². The van der Waals surface area contributed by atoms with Gasteiger partial charge in [0.2, 0.25) is 0 Å². The molecule has 1 fully saturated rings. The number of aliphatic imine (C=N–C) groups is 1. The van der Waals surface area contributed by atoms with E-state index in [1.807, 2.05) is 0 Å². The second-order valence-electron chi connectivity index (χ2n) is 4.70. The number of rotatable bonds is 4. The summed E-state index contributed by atoms with van der Waals surface area (Å²) in [7, 11) is 0. The van der Waals surface area contributed by atoms with Crippen LogP contribution in [0.2, 0.25) is 0 Å². The van der Waals surface area contributed by atoms with Crippen molar-refractivity contribution in [2.45, 2.75) is 32.4 Å². The van der Waals surface area contributed by atoms with E-state index in [2.05, 4.69) is 41.5 Å². The molecule has 0 saturated carbocycles. The Morgan fingerprint density at radius 1 is 1.44 bits per heavy atom. The molecule has 4 nitrogen and oxygen atoms in total. The number of nitrogens with zero attached hydrogens (tertiary/aromatic N) is 1. The van der Waals surface area contributed by atoms with Crippen molar-refractivity contribution >= 4 is 5.96 Å². The third-order valence-electron chi connectivity index (χ3n) is 3.09. The molecular weight excluding hydrogens is 226 g/mol. The number of nitrogens with one attached hydrogen (secondary N) is 1. The molecule has 1 aromatic carbocycles. The smallest absolute Gasteiger partial charge is 0.189 e. The van der Waals surface area contributed by atoms with Gasteiger partial charge in [-0.15, -0.1) is 0 Å². The molecule has 1 aliphatic heterocycles. The first-order valence-electron chi connectivity index (χ1n) is 6.45. The van der Waals surface area contributed by atoms with Crippen molar-refractivity contribution in [3.63, 3.8) is 0 Å². The van der Waals surface area contributed by atoms with Crippen LogP contribution in [0, 0.1) is 6.92 Å². The van der Waals surface area contributed by atoms with E-state index in [9.17, 15) is 0 Å². The zero-order chi connectivity index (χ0) is 12.8. The molecule has 1 saturated heterocycles. The van der Waals surface area contributed by atoms with Crippen LogP contribution in [0.15, 0.2) is 29.3 Å². The van der Waals surface area contributed by atoms with Gasteiger partial charge in [0.25, 0.3) is 0 Å². The first kappa shape index (κ1) is 12.9. The summed E-state index contributed by atoms with van der Waals surface area (Å²) < 4.78 is 5.51. The highest BCUT2D eigenvalue weighted by atomic mass is 16.5. The number of hydrogen-bond donors (Lipinski definition) is 2. The molecule has 0 aromatic heterocycles. The summed E-state index contributed by atoms with van der Waals surface area (Å²) in [6, 6.07) is 8.32. The van der Waals surface area contributed by atoms with Crippen molar-refractivity contribution in [3.8, 4) is 0 Å². The first-order valence-corrected chi connectivity index (χ1v) is 6.45. The summed E-state index contributed by atoms with van der Waals surface area (Å²) in [5.41, 5.74) is 8.24. The predicted octanol–water partition coefficient (Wildman–Crippen LogP) is 1.58. The molecule has 4 heteroatoms. The summed E-state index contributed by atoms with van der Waals surface area (Å²) >= 11 is 0. The van der Waals surface area contributed by atoms with E-state index in [0.717, 1.165) is 26.0 Å². The Bertz CT molecular complexity index is 394. The minimum atomic E-state index is 0.290. The summed E-state index contributed by atoms with van der Waals surface area (Å²) in [4.78, 5) is 4.31. The average molecular weight is 247 g/mol. The lowest BCUT2D eigenvalue weighted by molar-refractivity contribution is 0.114. The molecule has 2 rings (SSSR count). The summed E-state index contributed by atoms with van der Waals surface area (Å²) in [5.74, 6) is 0.492. The largest absolute Gasteiger partial charge is 0.376 e. The number of guanidine groups is 1. The lowest BCUT2D eigenvalue weighted by atomic mass is 10.1. The Morgan fingerprint density at radius 2 is 2.22 bits per heavy atom. The highest BCUT2D eigenvalue weighted by Crippen LogP contribution is 2.10. The highest BCUT2D eigenvalue weighted by molar-refractivity contribution is 5.77. The van der Waals surface area contributed by atoms with Gasteiger partial charge in [0.1, 0.15) is 0 Å². The SMILES string of the molecule is Cc1ccc(CN=C(N)NC[C@H]2CCCO2)cc1. The van der Waals surface area contributed by atoms with Gasteiger partial charge in [0.05, 0.1) is 12.6 Å². The van der Waals surface area contributed by atoms with Gasteiger partial charge >= 0.3 is 0 Å². The van der Waals surface area contributed by atoms with Crippen molar-refractivity contribution in [2.24, 2.45) is 10.7 Å². The standard InChI is InChI=1S/C14H21N3O/c1-11-4-6-12(7-5-11)9-16-14(15)17-10-13-3-2-8-18-13/h4-7,13H,2-3,8-10H2,1H3,(H3,15,16,17)/t13-/m1/s1. The van der Waals surface area contributed by atoms with Gasteiger partial charge in [-0.1, -0.05) is 29.8 Å². The molecule has 0 spiro atoms. The van der Waals surface area contributed by atoms with Gasteiger partial charge in [0.15, 0.2) is 5.96 Å². The van der Waals surface area contributed by atoms with Crippen LogP contribution >= 0.6 is 0 Å². The van der Waals surface area contributed by atoms with Crippen LogP contribution in [0.3, 0.4) is 0 Å². The van der Waals surface area contributed by atoms with Crippen molar-refractivity contribution in [1.82, 2.24) is 5.32 Å². The van der Waals surface area contributed by atoms with Gasteiger partial charge in [-0.25, -0.2) is 4.99 Å². The van der Waals surface area contributed by atoms with Crippen molar-refractivity contribution in [3.05, 3.63) is 35.4 Å². The molecule has 1 aromatic rings. The second-order valence-corrected chi connectivity index (χ2v) is 4.70. The minimum absolute atomic E-state index is 0.290. The van der Waals surface area contributed by atoms with E-state index >= 15 is 0 Å². The van der Waals surface area contributed by atoms with Crippen LogP contribution in [0.1, 0.15) is 24.0 Å². The van der Waals surface area contributed by atoms with Gasteiger partial charge in [0, 0.05) is 13.2 Å². The maximum absolute atomic E-state index is 5.81. The van der Waals surface area contributed by atoms with Gasteiger partial charge in [-0.05, 0) is 25.3 Å².